The van der Waals surface area contributed by atoms with Crippen molar-refractivity contribution in [2.24, 2.45) is 0 Å². The number of ether oxygens (including phenoxy) is 1. The summed E-state index contributed by atoms with van der Waals surface area (Å²) in [5.41, 5.74) is 0.450. The van der Waals surface area contributed by atoms with Crippen LogP contribution in [0.25, 0.3) is 0 Å². The SMILES string of the molecule is C[C@@H](NC[C@@H]1CCCCN1C(=O)OC(C)(C)C)c1cnccn1. The van der Waals surface area contributed by atoms with Gasteiger partial charge in [-0.1, -0.05) is 0 Å². The van der Waals surface area contributed by atoms with E-state index in [9.17, 15) is 4.79 Å². The van der Waals surface area contributed by atoms with Crippen LogP contribution in [0.3, 0.4) is 0 Å². The van der Waals surface area contributed by atoms with E-state index in [1.165, 1.54) is 0 Å². The first-order chi connectivity index (χ1) is 10.9. The molecular weight excluding hydrogens is 292 g/mol. The Balaban J connectivity index is 1.92. The molecule has 1 aliphatic heterocycles. The molecule has 2 atom stereocenters. The first-order valence-corrected chi connectivity index (χ1v) is 8.36. The Hall–Kier alpha value is -1.69. The van der Waals surface area contributed by atoms with E-state index in [2.05, 4.69) is 22.2 Å². The van der Waals surface area contributed by atoms with Crippen LogP contribution in [0.5, 0.6) is 0 Å². The van der Waals surface area contributed by atoms with Crippen molar-refractivity contribution >= 4 is 6.09 Å². The number of aromatic nitrogens is 2. The van der Waals surface area contributed by atoms with E-state index in [4.69, 9.17) is 4.74 Å². The minimum absolute atomic E-state index is 0.103. The summed E-state index contributed by atoms with van der Waals surface area (Å²) in [7, 11) is 0. The second-order valence-corrected chi connectivity index (χ2v) is 7.08. The first kappa shape index (κ1) is 17.7. The maximum absolute atomic E-state index is 12.4. The lowest BCUT2D eigenvalue weighted by atomic mass is 10.0. The largest absolute Gasteiger partial charge is 0.444 e. The third kappa shape index (κ3) is 5.46. The highest BCUT2D eigenvalue weighted by molar-refractivity contribution is 5.68. The van der Waals surface area contributed by atoms with Gasteiger partial charge in [0.25, 0.3) is 0 Å². The van der Waals surface area contributed by atoms with Crippen LogP contribution >= 0.6 is 0 Å². The molecular formula is C17H28N4O2. The molecule has 23 heavy (non-hydrogen) atoms. The third-order valence-corrected chi connectivity index (χ3v) is 3.94. The predicted octanol–water partition coefficient (Wildman–Crippen LogP) is 2.92. The van der Waals surface area contributed by atoms with E-state index in [1.54, 1.807) is 18.6 Å². The summed E-state index contributed by atoms with van der Waals surface area (Å²) in [4.78, 5) is 22.7. The molecule has 6 heteroatoms. The monoisotopic (exact) mass is 320 g/mol. The quantitative estimate of drug-likeness (QED) is 0.924. The fraction of sp³-hybridized carbons (Fsp3) is 0.706. The maximum atomic E-state index is 12.4. The Kier molecular flexibility index (Phi) is 5.93. The van der Waals surface area contributed by atoms with Crippen LogP contribution in [0.2, 0.25) is 0 Å². The predicted molar refractivity (Wildman–Crippen MR) is 89.0 cm³/mol. The van der Waals surface area contributed by atoms with E-state index in [1.807, 2.05) is 25.7 Å². The van der Waals surface area contributed by atoms with Gasteiger partial charge in [-0.2, -0.15) is 0 Å². The number of carbonyl (C=O) groups is 1. The normalized spacial score (nSPS) is 20.2. The van der Waals surface area contributed by atoms with E-state index in [0.717, 1.165) is 38.0 Å². The van der Waals surface area contributed by atoms with Crippen LogP contribution in [0, 0.1) is 0 Å². The molecule has 1 aromatic rings. The molecule has 2 rings (SSSR count). The molecule has 0 saturated carbocycles. The average Bonchev–Trinajstić information content (AvgIpc) is 2.52. The second-order valence-electron chi connectivity index (χ2n) is 7.08. The zero-order valence-corrected chi connectivity index (χ0v) is 14.6. The zero-order chi connectivity index (χ0) is 16.9. The van der Waals surface area contributed by atoms with Gasteiger partial charge in [-0.25, -0.2) is 4.79 Å². The summed E-state index contributed by atoms with van der Waals surface area (Å²) in [5.74, 6) is 0. The number of hydrogen-bond donors (Lipinski definition) is 1. The highest BCUT2D eigenvalue weighted by Gasteiger charge is 2.30. The van der Waals surface area contributed by atoms with Gasteiger partial charge in [0.2, 0.25) is 0 Å². The molecule has 0 radical (unpaired) electrons. The number of carbonyl (C=O) groups excluding carboxylic acids is 1. The number of amides is 1. The number of rotatable bonds is 4. The number of nitrogens with zero attached hydrogens (tertiary/aromatic N) is 3. The maximum Gasteiger partial charge on any atom is 0.410 e. The molecule has 1 fully saturated rings. The Labute approximate surface area is 138 Å². The second kappa shape index (κ2) is 7.73. The summed E-state index contributed by atoms with van der Waals surface area (Å²) in [6.07, 6.45) is 8.10. The standard InChI is InChI=1S/C17H28N4O2/c1-13(15-12-18-8-9-19-15)20-11-14-7-5-6-10-21(14)16(22)23-17(2,3)4/h8-9,12-14,20H,5-7,10-11H2,1-4H3/t13-,14+/m1/s1. The van der Waals surface area contributed by atoms with Gasteiger partial charge in [-0.3, -0.25) is 9.97 Å². The molecule has 1 aromatic heterocycles. The third-order valence-electron chi connectivity index (χ3n) is 3.94. The van der Waals surface area contributed by atoms with Crippen LogP contribution in [0.1, 0.15) is 58.7 Å². The molecule has 0 unspecified atom stereocenters. The molecule has 0 aliphatic carbocycles. The Morgan fingerprint density at radius 2 is 2.22 bits per heavy atom. The highest BCUT2D eigenvalue weighted by Crippen LogP contribution is 2.20. The molecule has 1 N–H and O–H groups in total. The lowest BCUT2D eigenvalue weighted by Gasteiger charge is -2.37. The van der Waals surface area contributed by atoms with E-state index >= 15 is 0 Å². The number of hydrogen-bond acceptors (Lipinski definition) is 5. The number of nitrogens with one attached hydrogen (secondary N) is 1. The fourth-order valence-electron chi connectivity index (χ4n) is 2.73. The van der Waals surface area contributed by atoms with Gasteiger partial charge < -0.3 is 15.0 Å². The van der Waals surface area contributed by atoms with Gasteiger partial charge in [0, 0.05) is 43.8 Å². The van der Waals surface area contributed by atoms with Crippen molar-refractivity contribution in [3.8, 4) is 0 Å². The molecule has 1 aliphatic rings. The Bertz CT molecular complexity index is 501. The molecule has 0 bridgehead atoms. The van der Waals surface area contributed by atoms with E-state index in [0.29, 0.717) is 0 Å². The summed E-state index contributed by atoms with van der Waals surface area (Å²) in [6, 6.07) is 0.267. The fourth-order valence-corrected chi connectivity index (χ4v) is 2.73. The van der Waals surface area contributed by atoms with Gasteiger partial charge >= 0.3 is 6.09 Å². The summed E-state index contributed by atoms with van der Waals surface area (Å²) >= 11 is 0. The van der Waals surface area contributed by atoms with Gasteiger partial charge in [-0.15, -0.1) is 0 Å². The van der Waals surface area contributed by atoms with Crippen LogP contribution in [0.4, 0.5) is 4.79 Å². The van der Waals surface area contributed by atoms with Crippen molar-refractivity contribution in [3.05, 3.63) is 24.3 Å². The Morgan fingerprint density at radius 1 is 1.43 bits per heavy atom. The smallest absolute Gasteiger partial charge is 0.410 e. The lowest BCUT2D eigenvalue weighted by Crippen LogP contribution is -2.50. The summed E-state index contributed by atoms with van der Waals surface area (Å²) < 4.78 is 5.54. The average molecular weight is 320 g/mol. The number of likely N-dealkylation sites (tertiary alicyclic amines) is 1. The van der Waals surface area contributed by atoms with Crippen molar-refractivity contribution in [1.82, 2.24) is 20.2 Å². The summed E-state index contributed by atoms with van der Waals surface area (Å²) in [6.45, 7) is 9.26. The molecule has 6 nitrogen and oxygen atoms in total. The molecule has 128 valence electrons. The summed E-state index contributed by atoms with van der Waals surface area (Å²) in [5, 5.41) is 3.46. The van der Waals surface area contributed by atoms with Crippen LogP contribution in [0.15, 0.2) is 18.6 Å². The van der Waals surface area contributed by atoms with E-state index < -0.39 is 5.60 Å². The van der Waals surface area contributed by atoms with E-state index in [-0.39, 0.29) is 18.2 Å². The topological polar surface area (TPSA) is 67.4 Å². The van der Waals surface area contributed by atoms with Crippen molar-refractivity contribution in [3.63, 3.8) is 0 Å². The van der Waals surface area contributed by atoms with Gasteiger partial charge in [0.1, 0.15) is 5.60 Å². The minimum atomic E-state index is -0.459. The van der Waals surface area contributed by atoms with Gasteiger partial charge in [0.05, 0.1) is 5.69 Å². The van der Waals surface area contributed by atoms with Crippen molar-refractivity contribution in [2.45, 2.75) is 64.6 Å². The van der Waals surface area contributed by atoms with Gasteiger partial charge in [0.15, 0.2) is 0 Å². The minimum Gasteiger partial charge on any atom is -0.444 e. The molecule has 1 saturated heterocycles. The van der Waals surface area contributed by atoms with Crippen molar-refractivity contribution < 1.29 is 9.53 Å². The molecule has 0 aromatic carbocycles. The lowest BCUT2D eigenvalue weighted by molar-refractivity contribution is 0.00969. The van der Waals surface area contributed by atoms with Gasteiger partial charge in [-0.05, 0) is 47.0 Å². The van der Waals surface area contributed by atoms with Crippen LogP contribution < -0.4 is 5.32 Å². The van der Waals surface area contributed by atoms with Crippen LogP contribution in [-0.4, -0.2) is 45.7 Å². The Morgan fingerprint density at radius 3 is 2.87 bits per heavy atom. The number of piperidine rings is 1. The highest BCUT2D eigenvalue weighted by atomic mass is 16.6. The first-order valence-electron chi connectivity index (χ1n) is 8.36. The molecule has 2 heterocycles. The molecule has 1 amide bonds. The van der Waals surface area contributed by atoms with Crippen molar-refractivity contribution in [1.29, 1.82) is 0 Å². The molecule has 0 spiro atoms. The zero-order valence-electron chi connectivity index (χ0n) is 14.6. The van der Waals surface area contributed by atoms with Crippen molar-refractivity contribution in [2.75, 3.05) is 13.1 Å². The van der Waals surface area contributed by atoms with Crippen LogP contribution in [-0.2, 0) is 4.74 Å².